The summed E-state index contributed by atoms with van der Waals surface area (Å²) in [6.45, 7) is 2.45. The first kappa shape index (κ1) is 19.2. The zero-order valence-electron chi connectivity index (χ0n) is 15.0. The molecule has 1 aromatic rings. The molecular formula is C19H23BrN2O3S. The third-order valence-corrected chi connectivity index (χ3v) is 5.58. The molecule has 0 aromatic heterocycles. The van der Waals surface area contributed by atoms with Crippen LogP contribution in [0, 0.1) is 0 Å². The zero-order chi connectivity index (χ0) is 18.7. The number of hydrogen-bond acceptors (Lipinski definition) is 4. The van der Waals surface area contributed by atoms with Crippen molar-refractivity contribution >= 4 is 45.2 Å². The van der Waals surface area contributed by atoms with Crippen LogP contribution < -0.4 is 14.8 Å². The van der Waals surface area contributed by atoms with E-state index in [2.05, 4.69) is 21.2 Å². The van der Waals surface area contributed by atoms with Crippen LogP contribution in [0.4, 0.5) is 0 Å². The predicted molar refractivity (Wildman–Crippen MR) is 109 cm³/mol. The third-order valence-electron chi connectivity index (χ3n) is 4.70. The molecule has 0 spiro atoms. The minimum absolute atomic E-state index is 0.0493. The van der Waals surface area contributed by atoms with Gasteiger partial charge in [0.25, 0.3) is 5.91 Å². The molecule has 0 bridgehead atoms. The van der Waals surface area contributed by atoms with Crippen LogP contribution in [0.1, 0.15) is 44.6 Å². The van der Waals surface area contributed by atoms with E-state index in [1.54, 1.807) is 12.0 Å². The Bertz CT molecular complexity index is 745. The van der Waals surface area contributed by atoms with E-state index >= 15 is 0 Å². The van der Waals surface area contributed by atoms with E-state index in [0.29, 0.717) is 28.9 Å². The Morgan fingerprint density at radius 1 is 1.35 bits per heavy atom. The molecule has 0 atom stereocenters. The summed E-state index contributed by atoms with van der Waals surface area (Å²) < 4.78 is 11.8. The number of rotatable bonds is 5. The molecule has 1 N–H and O–H groups in total. The summed E-state index contributed by atoms with van der Waals surface area (Å²) >= 11 is 8.93. The number of amides is 1. The highest BCUT2D eigenvalue weighted by Gasteiger charge is 2.36. The quantitative estimate of drug-likeness (QED) is 0.549. The van der Waals surface area contributed by atoms with E-state index in [1.165, 1.54) is 6.42 Å². The molecule has 0 unspecified atom stereocenters. The summed E-state index contributed by atoms with van der Waals surface area (Å²) in [6.07, 6.45) is 7.39. The maximum atomic E-state index is 12.9. The van der Waals surface area contributed by atoms with Gasteiger partial charge in [0.15, 0.2) is 16.6 Å². The SMILES string of the molecule is CCOc1cc(C=C2NC(=S)N(C3CCCCC3)C2=O)cc(Br)c1OC. The van der Waals surface area contributed by atoms with Crippen LogP contribution in [0.2, 0.25) is 0 Å². The maximum absolute atomic E-state index is 12.9. The second-order valence-corrected chi connectivity index (χ2v) is 7.66. The fourth-order valence-corrected chi connectivity index (χ4v) is 4.48. The van der Waals surface area contributed by atoms with Crippen molar-refractivity contribution in [1.29, 1.82) is 0 Å². The Hall–Kier alpha value is -1.60. The maximum Gasteiger partial charge on any atom is 0.276 e. The Balaban J connectivity index is 1.88. The molecule has 7 heteroatoms. The lowest BCUT2D eigenvalue weighted by Gasteiger charge is -2.29. The molecule has 1 aliphatic carbocycles. The lowest BCUT2D eigenvalue weighted by Crippen LogP contribution is -2.41. The average Bonchev–Trinajstić information content (AvgIpc) is 2.89. The van der Waals surface area contributed by atoms with Crippen LogP contribution in [0.5, 0.6) is 11.5 Å². The standard InChI is InChI=1S/C19H23BrN2O3S/c1-3-25-16-11-12(9-14(20)17(16)24-2)10-15-18(23)22(19(26)21-15)13-7-5-4-6-8-13/h9-11,13H,3-8H2,1-2H3,(H,21,26). The number of thiocarbonyl (C=S) groups is 1. The largest absolute Gasteiger partial charge is 0.492 e. The molecule has 1 heterocycles. The fourth-order valence-electron chi connectivity index (χ4n) is 3.52. The van der Waals surface area contributed by atoms with E-state index < -0.39 is 0 Å². The molecule has 0 radical (unpaired) electrons. The number of carbonyl (C=O) groups is 1. The van der Waals surface area contributed by atoms with Crippen molar-refractivity contribution in [3.63, 3.8) is 0 Å². The van der Waals surface area contributed by atoms with Crippen LogP contribution in [0.25, 0.3) is 6.08 Å². The summed E-state index contributed by atoms with van der Waals surface area (Å²) in [5.74, 6) is 1.22. The number of hydrogen-bond donors (Lipinski definition) is 1. The van der Waals surface area contributed by atoms with E-state index in [0.717, 1.165) is 35.7 Å². The van der Waals surface area contributed by atoms with Gasteiger partial charge in [-0.25, -0.2) is 0 Å². The molecule has 2 fully saturated rings. The first-order valence-corrected chi connectivity index (χ1v) is 10.1. The van der Waals surface area contributed by atoms with Crippen LogP contribution in [0.3, 0.4) is 0 Å². The lowest BCUT2D eigenvalue weighted by molar-refractivity contribution is -0.124. The molecule has 3 rings (SSSR count). The highest BCUT2D eigenvalue weighted by atomic mass is 79.9. The molecule has 26 heavy (non-hydrogen) atoms. The number of carbonyl (C=O) groups excluding carboxylic acids is 1. The Morgan fingerprint density at radius 3 is 2.73 bits per heavy atom. The second-order valence-electron chi connectivity index (χ2n) is 6.42. The number of halogens is 1. The molecule has 2 aliphatic rings. The van der Waals surface area contributed by atoms with Gasteiger partial charge in [0, 0.05) is 6.04 Å². The van der Waals surface area contributed by atoms with Crippen molar-refractivity contribution in [2.24, 2.45) is 0 Å². The van der Waals surface area contributed by atoms with E-state index in [4.69, 9.17) is 21.7 Å². The Labute approximate surface area is 167 Å². The normalized spacial score (nSPS) is 19.8. The van der Waals surface area contributed by atoms with Gasteiger partial charge in [-0.2, -0.15) is 0 Å². The van der Waals surface area contributed by atoms with E-state index in [-0.39, 0.29) is 11.9 Å². The van der Waals surface area contributed by atoms with Crippen molar-refractivity contribution in [2.45, 2.75) is 45.1 Å². The smallest absolute Gasteiger partial charge is 0.276 e. The number of benzene rings is 1. The van der Waals surface area contributed by atoms with Crippen LogP contribution in [-0.4, -0.2) is 35.7 Å². The van der Waals surface area contributed by atoms with Crippen LogP contribution >= 0.6 is 28.1 Å². The van der Waals surface area contributed by atoms with Gasteiger partial charge in [0.1, 0.15) is 5.70 Å². The first-order valence-electron chi connectivity index (χ1n) is 8.91. The summed E-state index contributed by atoms with van der Waals surface area (Å²) in [4.78, 5) is 14.6. The van der Waals surface area contributed by atoms with Gasteiger partial charge in [-0.05, 0) is 71.7 Å². The van der Waals surface area contributed by atoms with E-state index in [1.807, 2.05) is 25.1 Å². The number of ether oxygens (including phenoxy) is 2. The lowest BCUT2D eigenvalue weighted by atomic mass is 9.94. The first-order chi connectivity index (χ1) is 12.5. The summed E-state index contributed by atoms with van der Waals surface area (Å²) in [7, 11) is 1.60. The molecule has 1 aromatic carbocycles. The fraction of sp³-hybridized carbons (Fsp3) is 0.474. The van der Waals surface area contributed by atoms with E-state index in [9.17, 15) is 4.79 Å². The van der Waals surface area contributed by atoms with Gasteiger partial charge in [-0.1, -0.05) is 19.3 Å². The van der Waals surface area contributed by atoms with Gasteiger partial charge < -0.3 is 14.8 Å². The predicted octanol–water partition coefficient (Wildman–Crippen LogP) is 4.25. The Morgan fingerprint density at radius 2 is 2.08 bits per heavy atom. The molecule has 1 aliphatic heterocycles. The Kier molecular flexibility index (Phi) is 6.19. The molecule has 1 saturated carbocycles. The molecule has 140 valence electrons. The minimum atomic E-state index is -0.0493. The second kappa shape index (κ2) is 8.39. The number of methoxy groups -OCH3 is 1. The van der Waals surface area contributed by atoms with Crippen molar-refractivity contribution in [1.82, 2.24) is 10.2 Å². The number of nitrogens with one attached hydrogen (secondary N) is 1. The van der Waals surface area contributed by atoms with Gasteiger partial charge in [0.2, 0.25) is 0 Å². The molecule has 5 nitrogen and oxygen atoms in total. The summed E-state index contributed by atoms with van der Waals surface area (Å²) in [5, 5.41) is 3.59. The van der Waals surface area contributed by atoms with Gasteiger partial charge >= 0.3 is 0 Å². The third kappa shape index (κ3) is 3.88. The topological polar surface area (TPSA) is 50.8 Å². The molecule has 1 saturated heterocycles. The molecular weight excluding hydrogens is 416 g/mol. The summed E-state index contributed by atoms with van der Waals surface area (Å²) in [6, 6.07) is 3.97. The van der Waals surface area contributed by atoms with Gasteiger partial charge in [-0.3, -0.25) is 9.69 Å². The van der Waals surface area contributed by atoms with Crippen molar-refractivity contribution < 1.29 is 14.3 Å². The highest BCUT2D eigenvalue weighted by Crippen LogP contribution is 2.37. The van der Waals surface area contributed by atoms with Crippen molar-refractivity contribution in [2.75, 3.05) is 13.7 Å². The monoisotopic (exact) mass is 438 g/mol. The minimum Gasteiger partial charge on any atom is -0.492 e. The van der Waals surface area contributed by atoms with Gasteiger partial charge in [-0.15, -0.1) is 0 Å². The highest BCUT2D eigenvalue weighted by molar-refractivity contribution is 9.10. The van der Waals surface area contributed by atoms with Crippen LogP contribution in [0.15, 0.2) is 22.3 Å². The van der Waals surface area contributed by atoms with Crippen molar-refractivity contribution in [3.05, 3.63) is 27.9 Å². The van der Waals surface area contributed by atoms with Crippen molar-refractivity contribution in [3.8, 4) is 11.5 Å². The average molecular weight is 439 g/mol. The zero-order valence-corrected chi connectivity index (χ0v) is 17.4. The summed E-state index contributed by atoms with van der Waals surface area (Å²) in [5.41, 5.74) is 1.34. The van der Waals surface area contributed by atoms with Gasteiger partial charge in [0.05, 0.1) is 18.2 Å². The van der Waals surface area contributed by atoms with Crippen LogP contribution in [-0.2, 0) is 4.79 Å². The number of nitrogens with zero attached hydrogens (tertiary/aromatic N) is 1. The molecule has 1 amide bonds.